The number of aryl methyl sites for hydroxylation is 1. The van der Waals surface area contributed by atoms with Crippen molar-refractivity contribution in [1.82, 2.24) is 9.47 Å². The normalized spacial score (nSPS) is 17.8. The number of carbonyl (C=O) groups is 2. The third kappa shape index (κ3) is 4.94. The molecule has 1 aromatic rings. The molecule has 2 heterocycles. The number of rotatable bonds is 6. The van der Waals surface area contributed by atoms with Crippen LogP contribution in [0.3, 0.4) is 0 Å². The van der Waals surface area contributed by atoms with Gasteiger partial charge in [-0.3, -0.25) is 14.4 Å². The Bertz CT molecular complexity index is 596. The minimum Gasteiger partial charge on any atom is -0.466 e. The van der Waals surface area contributed by atoms with Gasteiger partial charge in [0.25, 0.3) is 5.56 Å². The molecule has 0 radical (unpaired) electrons. The molecule has 0 saturated carbocycles. The molecule has 1 amide bonds. The summed E-state index contributed by atoms with van der Waals surface area (Å²) in [5.41, 5.74) is -0.109. The van der Waals surface area contributed by atoms with Gasteiger partial charge >= 0.3 is 5.97 Å². The van der Waals surface area contributed by atoms with E-state index in [0.29, 0.717) is 19.7 Å². The molecule has 6 nitrogen and oxygen atoms in total. The van der Waals surface area contributed by atoms with E-state index in [1.54, 1.807) is 30.2 Å². The minimum atomic E-state index is -0.253. The fourth-order valence-corrected chi connectivity index (χ4v) is 2.96. The van der Waals surface area contributed by atoms with Crippen molar-refractivity contribution in [3.63, 3.8) is 0 Å². The van der Waals surface area contributed by atoms with Crippen LogP contribution in [0.5, 0.6) is 0 Å². The van der Waals surface area contributed by atoms with Gasteiger partial charge < -0.3 is 14.2 Å². The number of piperidine rings is 1. The molecular weight excluding hydrogens is 296 g/mol. The number of amides is 1. The average Bonchev–Trinajstić information content (AvgIpc) is 2.54. The highest BCUT2D eigenvalue weighted by atomic mass is 16.5. The molecule has 1 aliphatic heterocycles. The summed E-state index contributed by atoms with van der Waals surface area (Å²) >= 11 is 0. The summed E-state index contributed by atoms with van der Waals surface area (Å²) in [7, 11) is 0. The van der Waals surface area contributed by atoms with Crippen LogP contribution in [0.15, 0.2) is 29.2 Å². The molecule has 6 heteroatoms. The highest BCUT2D eigenvalue weighted by molar-refractivity contribution is 5.78. The largest absolute Gasteiger partial charge is 0.466 e. The highest BCUT2D eigenvalue weighted by Crippen LogP contribution is 2.21. The van der Waals surface area contributed by atoms with Crippen molar-refractivity contribution in [1.29, 1.82) is 0 Å². The number of hydrogen-bond donors (Lipinski definition) is 0. The maximum Gasteiger partial charge on any atom is 0.307 e. The van der Waals surface area contributed by atoms with Crippen molar-refractivity contribution >= 4 is 11.9 Å². The van der Waals surface area contributed by atoms with E-state index in [2.05, 4.69) is 0 Å². The van der Waals surface area contributed by atoms with Crippen LogP contribution >= 0.6 is 0 Å². The predicted octanol–water partition coefficient (Wildman–Crippen LogP) is 1.57. The van der Waals surface area contributed by atoms with E-state index in [9.17, 15) is 14.4 Å². The monoisotopic (exact) mass is 320 g/mol. The third-order valence-electron chi connectivity index (χ3n) is 4.12. The van der Waals surface area contributed by atoms with Gasteiger partial charge in [-0.2, -0.15) is 0 Å². The van der Waals surface area contributed by atoms with E-state index in [1.165, 1.54) is 10.6 Å². The summed E-state index contributed by atoms with van der Waals surface area (Å²) in [6.07, 6.45) is 5.01. The number of likely N-dealkylation sites (tertiary alicyclic amines) is 1. The molecule has 0 spiro atoms. The molecule has 0 aliphatic carbocycles. The Balaban J connectivity index is 1.94. The van der Waals surface area contributed by atoms with Crippen LogP contribution in [-0.4, -0.2) is 40.5 Å². The highest BCUT2D eigenvalue weighted by Gasteiger charge is 2.28. The molecule has 0 N–H and O–H groups in total. The van der Waals surface area contributed by atoms with Gasteiger partial charge in [-0.05, 0) is 32.3 Å². The summed E-state index contributed by atoms with van der Waals surface area (Å²) in [6, 6.07) is 4.86. The first kappa shape index (κ1) is 17.2. The molecule has 1 fully saturated rings. The van der Waals surface area contributed by atoms with Crippen molar-refractivity contribution in [3.8, 4) is 0 Å². The lowest BCUT2D eigenvalue weighted by Crippen LogP contribution is -2.45. The summed E-state index contributed by atoms with van der Waals surface area (Å²) in [4.78, 5) is 37.6. The Morgan fingerprint density at radius 3 is 2.87 bits per heavy atom. The standard InChI is InChI=1S/C17H24N2O4/c1-2-23-17(22)13-14-7-3-6-11-19(14)16(21)9-12-18-10-5-4-8-15(18)20/h4-5,8,10,14H,2-3,6-7,9,11-13H2,1H3. The van der Waals surface area contributed by atoms with Crippen molar-refractivity contribution in [2.75, 3.05) is 13.2 Å². The number of nitrogens with zero attached hydrogens (tertiary/aromatic N) is 2. The van der Waals surface area contributed by atoms with Crippen LogP contribution in [0.1, 0.15) is 39.0 Å². The van der Waals surface area contributed by atoms with Crippen molar-refractivity contribution in [3.05, 3.63) is 34.7 Å². The van der Waals surface area contributed by atoms with Gasteiger partial charge in [-0.1, -0.05) is 6.07 Å². The number of aromatic nitrogens is 1. The fourth-order valence-electron chi connectivity index (χ4n) is 2.96. The lowest BCUT2D eigenvalue weighted by atomic mass is 9.99. The maximum atomic E-state index is 12.5. The number of carbonyl (C=O) groups excluding carboxylic acids is 2. The van der Waals surface area contributed by atoms with E-state index in [1.807, 2.05) is 0 Å². The van der Waals surface area contributed by atoms with Crippen molar-refractivity contribution < 1.29 is 14.3 Å². The van der Waals surface area contributed by atoms with Crippen LogP contribution in [0.25, 0.3) is 0 Å². The van der Waals surface area contributed by atoms with E-state index < -0.39 is 0 Å². The molecule has 1 atom stereocenters. The first-order valence-electron chi connectivity index (χ1n) is 8.22. The zero-order chi connectivity index (χ0) is 16.7. The van der Waals surface area contributed by atoms with Gasteiger partial charge in [0.2, 0.25) is 5.91 Å². The van der Waals surface area contributed by atoms with Gasteiger partial charge in [-0.25, -0.2) is 0 Å². The number of esters is 1. The molecule has 2 rings (SSSR count). The quantitative estimate of drug-likeness (QED) is 0.746. The van der Waals surface area contributed by atoms with Crippen LogP contribution in [-0.2, 0) is 20.9 Å². The van der Waals surface area contributed by atoms with Crippen LogP contribution in [0.4, 0.5) is 0 Å². The molecular formula is C17H24N2O4. The molecule has 1 saturated heterocycles. The van der Waals surface area contributed by atoms with Crippen LogP contribution in [0, 0.1) is 0 Å². The summed E-state index contributed by atoms with van der Waals surface area (Å²) < 4.78 is 6.53. The second kappa shape index (κ2) is 8.50. The minimum absolute atomic E-state index is 0.00486. The lowest BCUT2D eigenvalue weighted by molar-refractivity contribution is -0.146. The average molecular weight is 320 g/mol. The molecule has 1 aromatic heterocycles. The van der Waals surface area contributed by atoms with Gasteiger partial charge in [0.1, 0.15) is 0 Å². The number of hydrogen-bond acceptors (Lipinski definition) is 4. The zero-order valence-corrected chi connectivity index (χ0v) is 13.6. The maximum absolute atomic E-state index is 12.5. The third-order valence-corrected chi connectivity index (χ3v) is 4.12. The second-order valence-electron chi connectivity index (χ2n) is 5.73. The predicted molar refractivity (Wildman–Crippen MR) is 85.9 cm³/mol. The summed E-state index contributed by atoms with van der Waals surface area (Å²) in [6.45, 7) is 3.17. The smallest absolute Gasteiger partial charge is 0.307 e. The molecule has 0 aromatic carbocycles. The Morgan fingerprint density at radius 1 is 1.30 bits per heavy atom. The molecule has 126 valence electrons. The van der Waals surface area contributed by atoms with E-state index in [4.69, 9.17) is 4.74 Å². The topological polar surface area (TPSA) is 68.6 Å². The molecule has 23 heavy (non-hydrogen) atoms. The molecule has 1 unspecified atom stereocenters. The summed E-state index contributed by atoms with van der Waals surface area (Å²) in [5.74, 6) is -0.258. The fraction of sp³-hybridized carbons (Fsp3) is 0.588. The first-order chi connectivity index (χ1) is 11.1. The van der Waals surface area contributed by atoms with Crippen molar-refractivity contribution in [2.24, 2.45) is 0 Å². The SMILES string of the molecule is CCOC(=O)CC1CCCCN1C(=O)CCn1ccccc1=O. The second-order valence-corrected chi connectivity index (χ2v) is 5.73. The Hall–Kier alpha value is -2.11. The Morgan fingerprint density at radius 2 is 2.13 bits per heavy atom. The zero-order valence-electron chi connectivity index (χ0n) is 13.6. The molecule has 1 aliphatic rings. The number of ether oxygens (including phenoxy) is 1. The van der Waals surface area contributed by atoms with Gasteiger partial charge in [-0.15, -0.1) is 0 Å². The van der Waals surface area contributed by atoms with Crippen LogP contribution < -0.4 is 5.56 Å². The van der Waals surface area contributed by atoms with E-state index >= 15 is 0 Å². The van der Waals surface area contributed by atoms with Crippen LogP contribution in [0.2, 0.25) is 0 Å². The van der Waals surface area contributed by atoms with Gasteiger partial charge in [0, 0.05) is 37.8 Å². The van der Waals surface area contributed by atoms with E-state index in [0.717, 1.165) is 19.3 Å². The Kier molecular flexibility index (Phi) is 6.38. The van der Waals surface area contributed by atoms with Gasteiger partial charge in [0.05, 0.1) is 13.0 Å². The summed E-state index contributed by atoms with van der Waals surface area (Å²) in [5, 5.41) is 0. The molecule has 0 bridgehead atoms. The first-order valence-corrected chi connectivity index (χ1v) is 8.22. The number of pyridine rings is 1. The van der Waals surface area contributed by atoms with Crippen molar-refractivity contribution in [2.45, 2.75) is 51.6 Å². The van der Waals surface area contributed by atoms with Gasteiger partial charge in [0.15, 0.2) is 0 Å². The Labute approximate surface area is 136 Å². The lowest BCUT2D eigenvalue weighted by Gasteiger charge is -2.35. The van der Waals surface area contributed by atoms with E-state index in [-0.39, 0.29) is 36.3 Å².